The van der Waals surface area contributed by atoms with Gasteiger partial charge in [0, 0.05) is 18.2 Å². The van der Waals surface area contributed by atoms with Crippen LogP contribution in [0.5, 0.6) is 11.5 Å². The van der Waals surface area contributed by atoms with E-state index in [4.69, 9.17) is 19.7 Å². The number of nitrogens with zero attached hydrogens (tertiary/aromatic N) is 4. The predicted molar refractivity (Wildman–Crippen MR) is 111 cm³/mol. The van der Waals surface area contributed by atoms with E-state index in [9.17, 15) is 4.79 Å². The topological polar surface area (TPSA) is 90.0 Å². The molecule has 0 amide bonds. The Kier molecular flexibility index (Phi) is 5.14. The fourth-order valence-electron chi connectivity index (χ4n) is 3.18. The van der Waals surface area contributed by atoms with Gasteiger partial charge in [-0.05, 0) is 25.1 Å². The average molecular weight is 398 g/mol. The molecule has 2 aromatic carbocycles. The lowest BCUT2D eigenvalue weighted by atomic mass is 10.1. The molecule has 0 atom stereocenters. The highest BCUT2D eigenvalue weighted by atomic mass is 16.6. The fraction of sp³-hybridized carbons (Fsp3) is 0.130. The number of ether oxygens (including phenoxy) is 2. The molecule has 4 aromatic rings. The summed E-state index contributed by atoms with van der Waals surface area (Å²) in [7, 11) is 1.46. The van der Waals surface area contributed by atoms with Gasteiger partial charge in [-0.2, -0.15) is 10.4 Å². The summed E-state index contributed by atoms with van der Waals surface area (Å²) in [5.74, 6) is -0.0194. The molecule has 4 rings (SSSR count). The molecular formula is C23H18N4O3. The minimum atomic E-state index is -0.557. The Morgan fingerprint density at radius 1 is 1.13 bits per heavy atom. The molecule has 0 radical (unpaired) electrons. The predicted octanol–water partition coefficient (Wildman–Crippen LogP) is 4.22. The summed E-state index contributed by atoms with van der Waals surface area (Å²) in [6.45, 7) is 2.58. The normalized spacial score (nSPS) is 10.6. The zero-order chi connectivity index (χ0) is 21.1. The van der Waals surface area contributed by atoms with E-state index in [1.807, 2.05) is 43.3 Å². The quantitative estimate of drug-likeness (QED) is 0.369. The second-order valence-corrected chi connectivity index (χ2v) is 6.49. The summed E-state index contributed by atoms with van der Waals surface area (Å²) >= 11 is 0. The Hall–Kier alpha value is -4.18. The molecule has 0 saturated carbocycles. The number of esters is 1. The molecule has 0 unspecified atom stereocenters. The zero-order valence-corrected chi connectivity index (χ0v) is 16.5. The minimum absolute atomic E-state index is 0.232. The molecule has 7 heteroatoms. The lowest BCUT2D eigenvalue weighted by molar-refractivity contribution is 0.0731. The third-order valence-corrected chi connectivity index (χ3v) is 4.69. The summed E-state index contributed by atoms with van der Waals surface area (Å²) < 4.78 is 12.6. The van der Waals surface area contributed by atoms with Crippen molar-refractivity contribution in [3.8, 4) is 28.8 Å². The van der Waals surface area contributed by atoms with Gasteiger partial charge in [-0.1, -0.05) is 30.3 Å². The molecule has 0 spiro atoms. The van der Waals surface area contributed by atoms with Gasteiger partial charge in [-0.25, -0.2) is 14.5 Å². The molecule has 30 heavy (non-hydrogen) atoms. The zero-order valence-electron chi connectivity index (χ0n) is 16.5. The molecule has 2 heterocycles. The molecule has 0 aliphatic carbocycles. The summed E-state index contributed by atoms with van der Waals surface area (Å²) in [6.07, 6.45) is 1.62. The molecule has 7 nitrogen and oxygen atoms in total. The number of carbonyl (C=O) groups is 1. The number of rotatable bonds is 5. The maximum atomic E-state index is 13.1. The highest BCUT2D eigenvalue weighted by Gasteiger charge is 2.20. The summed E-state index contributed by atoms with van der Waals surface area (Å²) in [5.41, 5.74) is 2.90. The van der Waals surface area contributed by atoms with Crippen LogP contribution in [0.4, 0.5) is 0 Å². The van der Waals surface area contributed by atoms with Gasteiger partial charge in [0.1, 0.15) is 0 Å². The molecule has 0 N–H and O–H groups in total. The van der Waals surface area contributed by atoms with Gasteiger partial charge in [-0.15, -0.1) is 0 Å². The van der Waals surface area contributed by atoms with Gasteiger partial charge < -0.3 is 9.47 Å². The van der Waals surface area contributed by atoms with E-state index in [-0.39, 0.29) is 5.75 Å². The van der Waals surface area contributed by atoms with Crippen LogP contribution in [0, 0.1) is 11.3 Å². The van der Waals surface area contributed by atoms with Crippen LogP contribution in [-0.4, -0.2) is 27.8 Å². The van der Waals surface area contributed by atoms with E-state index in [0.29, 0.717) is 40.1 Å². The van der Waals surface area contributed by atoms with E-state index >= 15 is 0 Å². The highest BCUT2D eigenvalue weighted by molar-refractivity contribution is 6.04. The number of methoxy groups -OCH3 is 1. The third-order valence-electron chi connectivity index (χ3n) is 4.69. The molecule has 0 bridgehead atoms. The van der Waals surface area contributed by atoms with E-state index in [1.165, 1.54) is 13.2 Å². The Morgan fingerprint density at radius 3 is 2.63 bits per heavy atom. The average Bonchev–Trinajstić information content (AvgIpc) is 3.22. The lowest BCUT2D eigenvalue weighted by Crippen LogP contribution is -2.11. The highest BCUT2D eigenvalue weighted by Crippen LogP contribution is 2.30. The maximum absolute atomic E-state index is 13.1. The number of carbonyl (C=O) groups excluding carboxylic acids is 1. The molecule has 0 aliphatic rings. The summed E-state index contributed by atoms with van der Waals surface area (Å²) in [6, 6.07) is 18.0. The van der Waals surface area contributed by atoms with Gasteiger partial charge in [0.15, 0.2) is 17.1 Å². The number of fused-ring (bicyclic) bond motifs is 1. The van der Waals surface area contributed by atoms with Gasteiger partial charge in [0.2, 0.25) is 0 Å². The van der Waals surface area contributed by atoms with Gasteiger partial charge in [0.05, 0.1) is 41.6 Å². The van der Waals surface area contributed by atoms with Crippen molar-refractivity contribution in [2.75, 3.05) is 7.11 Å². The second-order valence-electron chi connectivity index (χ2n) is 6.49. The van der Waals surface area contributed by atoms with Gasteiger partial charge in [-0.3, -0.25) is 0 Å². The van der Waals surface area contributed by atoms with E-state index < -0.39 is 5.97 Å². The van der Waals surface area contributed by atoms with E-state index in [1.54, 1.807) is 29.1 Å². The third kappa shape index (κ3) is 3.47. The SMILES string of the molecule is CCn1ncc2c(C(=O)Oc3ccc(C#N)cc3OC)cc(-c3ccccc3)nc21. The van der Waals surface area contributed by atoms with Gasteiger partial charge >= 0.3 is 5.97 Å². The molecule has 0 fully saturated rings. The van der Waals surface area contributed by atoms with Gasteiger partial charge in [0.25, 0.3) is 0 Å². The minimum Gasteiger partial charge on any atom is -0.493 e. The number of aromatic nitrogens is 3. The number of benzene rings is 2. The van der Waals surface area contributed by atoms with Crippen LogP contribution in [-0.2, 0) is 6.54 Å². The van der Waals surface area contributed by atoms with Crippen molar-refractivity contribution in [3.05, 3.63) is 71.9 Å². The number of hydrogen-bond acceptors (Lipinski definition) is 6. The first-order valence-electron chi connectivity index (χ1n) is 9.37. The van der Waals surface area contributed by atoms with Crippen LogP contribution in [0.25, 0.3) is 22.3 Å². The number of nitriles is 1. The number of hydrogen-bond donors (Lipinski definition) is 0. The number of pyridine rings is 1. The first-order valence-corrected chi connectivity index (χ1v) is 9.37. The van der Waals surface area contributed by atoms with Crippen molar-refractivity contribution in [2.45, 2.75) is 13.5 Å². The monoisotopic (exact) mass is 398 g/mol. The van der Waals surface area contributed by atoms with Crippen molar-refractivity contribution >= 4 is 17.0 Å². The standard InChI is InChI=1S/C23H18N4O3/c1-3-27-22-18(14-25-27)17(12-19(26-22)16-7-5-4-6-8-16)23(28)30-20-10-9-15(13-24)11-21(20)29-2/h4-12,14H,3H2,1-2H3. The van der Waals surface area contributed by atoms with Crippen molar-refractivity contribution in [2.24, 2.45) is 0 Å². The number of aryl methyl sites for hydroxylation is 1. The molecule has 2 aromatic heterocycles. The van der Waals surface area contributed by atoms with Crippen LogP contribution < -0.4 is 9.47 Å². The maximum Gasteiger partial charge on any atom is 0.344 e. The van der Waals surface area contributed by atoms with Crippen molar-refractivity contribution in [3.63, 3.8) is 0 Å². The van der Waals surface area contributed by atoms with Crippen LogP contribution in [0.3, 0.4) is 0 Å². The first-order chi connectivity index (χ1) is 14.6. The summed E-state index contributed by atoms with van der Waals surface area (Å²) in [4.78, 5) is 17.8. The van der Waals surface area contributed by atoms with E-state index in [2.05, 4.69) is 5.10 Å². The van der Waals surface area contributed by atoms with Crippen LogP contribution in [0.1, 0.15) is 22.8 Å². The largest absolute Gasteiger partial charge is 0.493 e. The van der Waals surface area contributed by atoms with Crippen molar-refractivity contribution in [1.29, 1.82) is 5.26 Å². The Balaban J connectivity index is 1.81. The first kappa shape index (κ1) is 19.2. The van der Waals surface area contributed by atoms with Crippen molar-refractivity contribution < 1.29 is 14.3 Å². The molecule has 148 valence electrons. The van der Waals surface area contributed by atoms with Crippen LogP contribution >= 0.6 is 0 Å². The van der Waals surface area contributed by atoms with Crippen LogP contribution in [0.15, 0.2) is 60.8 Å². The van der Waals surface area contributed by atoms with Crippen molar-refractivity contribution in [1.82, 2.24) is 14.8 Å². The lowest BCUT2D eigenvalue weighted by Gasteiger charge is -2.11. The van der Waals surface area contributed by atoms with Crippen LogP contribution in [0.2, 0.25) is 0 Å². The Morgan fingerprint density at radius 2 is 1.93 bits per heavy atom. The Labute approximate surface area is 173 Å². The Bertz CT molecular complexity index is 1270. The summed E-state index contributed by atoms with van der Waals surface area (Å²) in [5, 5.41) is 14.0. The molecule has 0 saturated heterocycles. The smallest absolute Gasteiger partial charge is 0.344 e. The fourth-order valence-corrected chi connectivity index (χ4v) is 3.18. The second kappa shape index (κ2) is 8.05. The molecular weight excluding hydrogens is 380 g/mol. The molecule has 0 aliphatic heterocycles. The van der Waals surface area contributed by atoms with E-state index in [0.717, 1.165) is 5.56 Å².